The summed E-state index contributed by atoms with van der Waals surface area (Å²) in [6, 6.07) is 0.562. The molecule has 0 saturated heterocycles. The summed E-state index contributed by atoms with van der Waals surface area (Å²) in [5, 5.41) is 3.58. The highest BCUT2D eigenvalue weighted by Gasteiger charge is 2.48. The summed E-state index contributed by atoms with van der Waals surface area (Å²) in [6.45, 7) is 13.3. The van der Waals surface area contributed by atoms with Crippen molar-refractivity contribution >= 4 is 0 Å². The van der Waals surface area contributed by atoms with Crippen LogP contribution in [0.5, 0.6) is 0 Å². The summed E-state index contributed by atoms with van der Waals surface area (Å²) >= 11 is 0. The topological polar surface area (TPSA) is 30.5 Å². The smallest absolute Gasteiger partial charge is 0.0671 e. The average molecular weight is 229 g/mol. The summed E-state index contributed by atoms with van der Waals surface area (Å²) in [6.07, 6.45) is 1.84. The van der Waals surface area contributed by atoms with Crippen LogP contribution in [0.4, 0.5) is 0 Å². The van der Waals surface area contributed by atoms with E-state index in [4.69, 9.17) is 9.47 Å². The summed E-state index contributed by atoms with van der Waals surface area (Å²) in [5.41, 5.74) is 0.252. The van der Waals surface area contributed by atoms with E-state index in [-0.39, 0.29) is 5.41 Å². The molecule has 0 amide bonds. The van der Waals surface area contributed by atoms with Crippen molar-refractivity contribution in [1.82, 2.24) is 5.32 Å². The van der Waals surface area contributed by atoms with Crippen molar-refractivity contribution in [2.45, 2.75) is 59.3 Å². The van der Waals surface area contributed by atoms with Crippen molar-refractivity contribution in [3.05, 3.63) is 0 Å². The zero-order chi connectivity index (χ0) is 12.2. The van der Waals surface area contributed by atoms with E-state index in [2.05, 4.69) is 33.0 Å². The van der Waals surface area contributed by atoms with Gasteiger partial charge in [0.1, 0.15) is 0 Å². The minimum Gasteiger partial charge on any atom is -0.378 e. The van der Waals surface area contributed by atoms with Gasteiger partial charge < -0.3 is 14.8 Å². The van der Waals surface area contributed by atoms with Crippen LogP contribution < -0.4 is 5.32 Å². The molecule has 96 valence electrons. The molecule has 1 aliphatic carbocycles. The van der Waals surface area contributed by atoms with Crippen molar-refractivity contribution in [1.29, 1.82) is 0 Å². The van der Waals surface area contributed by atoms with E-state index < -0.39 is 0 Å². The number of hydrogen-bond donors (Lipinski definition) is 1. The lowest BCUT2D eigenvalue weighted by Gasteiger charge is -2.52. The van der Waals surface area contributed by atoms with Crippen LogP contribution in [0.15, 0.2) is 0 Å². The van der Waals surface area contributed by atoms with Crippen LogP contribution in [0.3, 0.4) is 0 Å². The van der Waals surface area contributed by atoms with Crippen LogP contribution in [-0.2, 0) is 9.47 Å². The van der Waals surface area contributed by atoms with Crippen LogP contribution in [0.25, 0.3) is 0 Å². The Bertz CT molecular complexity index is 206. The predicted molar refractivity (Wildman–Crippen MR) is 66.7 cm³/mol. The SMILES string of the molecule is CCOC(C)CNC1CC(OCC)C1(C)C. The van der Waals surface area contributed by atoms with Gasteiger partial charge in [0.15, 0.2) is 0 Å². The Morgan fingerprint density at radius 2 is 2.00 bits per heavy atom. The molecule has 0 radical (unpaired) electrons. The zero-order valence-corrected chi connectivity index (χ0v) is 11.4. The van der Waals surface area contributed by atoms with Gasteiger partial charge in [-0.1, -0.05) is 13.8 Å². The highest BCUT2D eigenvalue weighted by molar-refractivity contribution is 5.02. The predicted octanol–water partition coefficient (Wildman–Crippen LogP) is 2.20. The molecular weight excluding hydrogens is 202 g/mol. The van der Waals surface area contributed by atoms with Gasteiger partial charge >= 0.3 is 0 Å². The van der Waals surface area contributed by atoms with Crippen LogP contribution in [0.2, 0.25) is 0 Å². The molecule has 0 spiro atoms. The molecule has 0 aromatic heterocycles. The molecule has 1 aliphatic rings. The number of rotatable bonds is 7. The molecule has 0 aromatic rings. The fraction of sp³-hybridized carbons (Fsp3) is 1.00. The van der Waals surface area contributed by atoms with Gasteiger partial charge in [0, 0.05) is 31.2 Å². The number of ether oxygens (including phenoxy) is 2. The lowest BCUT2D eigenvalue weighted by atomic mass is 9.64. The lowest BCUT2D eigenvalue weighted by molar-refractivity contribution is -0.116. The van der Waals surface area contributed by atoms with Gasteiger partial charge in [0.05, 0.1) is 12.2 Å². The standard InChI is InChI=1S/C13H27NO2/c1-6-15-10(3)9-14-11-8-12(16-7-2)13(11,4)5/h10-12,14H,6-9H2,1-5H3. The maximum Gasteiger partial charge on any atom is 0.0671 e. The third-order valence-corrected chi connectivity index (χ3v) is 3.65. The minimum atomic E-state index is 0.252. The van der Waals surface area contributed by atoms with Crippen LogP contribution in [-0.4, -0.2) is 38.0 Å². The van der Waals surface area contributed by atoms with Gasteiger partial charge in [-0.3, -0.25) is 0 Å². The second-order valence-corrected chi connectivity index (χ2v) is 5.23. The van der Waals surface area contributed by atoms with Crippen molar-refractivity contribution in [2.24, 2.45) is 5.41 Å². The van der Waals surface area contributed by atoms with Crippen LogP contribution in [0, 0.1) is 5.41 Å². The second-order valence-electron chi connectivity index (χ2n) is 5.23. The first-order chi connectivity index (χ1) is 7.52. The Labute approximate surface area is 99.9 Å². The Hall–Kier alpha value is -0.120. The summed E-state index contributed by atoms with van der Waals surface area (Å²) in [5.74, 6) is 0. The molecule has 0 heterocycles. The minimum absolute atomic E-state index is 0.252. The van der Waals surface area contributed by atoms with Gasteiger partial charge in [-0.05, 0) is 27.2 Å². The highest BCUT2D eigenvalue weighted by atomic mass is 16.5. The third kappa shape index (κ3) is 3.19. The maximum absolute atomic E-state index is 5.71. The molecule has 0 aromatic carbocycles. The fourth-order valence-electron chi connectivity index (χ4n) is 2.37. The first-order valence-electron chi connectivity index (χ1n) is 6.48. The second kappa shape index (κ2) is 5.99. The Morgan fingerprint density at radius 1 is 1.31 bits per heavy atom. The first-order valence-corrected chi connectivity index (χ1v) is 6.48. The molecule has 3 nitrogen and oxygen atoms in total. The van der Waals surface area contributed by atoms with Crippen molar-refractivity contribution < 1.29 is 9.47 Å². The molecule has 0 bridgehead atoms. The molecule has 1 saturated carbocycles. The highest BCUT2D eigenvalue weighted by Crippen LogP contribution is 2.42. The Kier molecular flexibility index (Phi) is 5.22. The summed E-state index contributed by atoms with van der Waals surface area (Å²) < 4.78 is 11.2. The molecule has 3 unspecified atom stereocenters. The van der Waals surface area contributed by atoms with E-state index in [9.17, 15) is 0 Å². The van der Waals surface area contributed by atoms with Crippen molar-refractivity contribution in [2.75, 3.05) is 19.8 Å². The normalized spacial score (nSPS) is 29.8. The summed E-state index contributed by atoms with van der Waals surface area (Å²) in [4.78, 5) is 0. The fourth-order valence-corrected chi connectivity index (χ4v) is 2.37. The van der Waals surface area contributed by atoms with Gasteiger partial charge in [-0.25, -0.2) is 0 Å². The Morgan fingerprint density at radius 3 is 2.50 bits per heavy atom. The molecule has 16 heavy (non-hydrogen) atoms. The number of hydrogen-bond acceptors (Lipinski definition) is 3. The van der Waals surface area contributed by atoms with E-state index in [1.54, 1.807) is 0 Å². The van der Waals surface area contributed by atoms with Crippen LogP contribution >= 0.6 is 0 Å². The molecule has 1 N–H and O–H groups in total. The molecule has 1 fully saturated rings. The van der Waals surface area contributed by atoms with Gasteiger partial charge in [-0.2, -0.15) is 0 Å². The van der Waals surface area contributed by atoms with Crippen molar-refractivity contribution in [3.63, 3.8) is 0 Å². The first kappa shape index (κ1) is 13.9. The van der Waals surface area contributed by atoms with Crippen molar-refractivity contribution in [3.8, 4) is 0 Å². The Balaban J connectivity index is 2.25. The monoisotopic (exact) mass is 229 g/mol. The molecular formula is C13H27NO2. The lowest BCUT2D eigenvalue weighted by Crippen LogP contribution is -2.61. The molecule has 0 aliphatic heterocycles. The molecule has 3 atom stereocenters. The van der Waals surface area contributed by atoms with E-state index in [0.29, 0.717) is 18.2 Å². The van der Waals surface area contributed by atoms with Gasteiger partial charge in [0.25, 0.3) is 0 Å². The van der Waals surface area contributed by atoms with E-state index in [0.717, 1.165) is 26.2 Å². The van der Waals surface area contributed by atoms with E-state index in [1.807, 2.05) is 6.92 Å². The maximum atomic E-state index is 5.71. The summed E-state index contributed by atoms with van der Waals surface area (Å²) in [7, 11) is 0. The largest absolute Gasteiger partial charge is 0.378 e. The van der Waals surface area contributed by atoms with E-state index in [1.165, 1.54) is 0 Å². The molecule has 3 heteroatoms. The quantitative estimate of drug-likeness (QED) is 0.726. The number of nitrogens with one attached hydrogen (secondary N) is 1. The third-order valence-electron chi connectivity index (χ3n) is 3.65. The van der Waals surface area contributed by atoms with Crippen LogP contribution in [0.1, 0.15) is 41.0 Å². The van der Waals surface area contributed by atoms with Gasteiger partial charge in [0.2, 0.25) is 0 Å². The van der Waals surface area contributed by atoms with Gasteiger partial charge in [-0.15, -0.1) is 0 Å². The average Bonchev–Trinajstić information content (AvgIpc) is 2.22. The van der Waals surface area contributed by atoms with E-state index >= 15 is 0 Å². The molecule has 1 rings (SSSR count). The zero-order valence-electron chi connectivity index (χ0n) is 11.4.